The van der Waals surface area contributed by atoms with Crippen LogP contribution < -0.4 is 5.32 Å². The van der Waals surface area contributed by atoms with Crippen LogP contribution in [0.15, 0.2) is 0 Å². The van der Waals surface area contributed by atoms with Crippen molar-refractivity contribution >= 4 is 24.8 Å². The first-order valence-corrected chi connectivity index (χ1v) is 4.96. The third-order valence-corrected chi connectivity index (χ3v) is 2.85. The van der Waals surface area contributed by atoms with E-state index in [1.54, 1.807) is 0 Å². The number of nitrogens with one attached hydrogen (secondary N) is 1. The summed E-state index contributed by atoms with van der Waals surface area (Å²) >= 11 is 0. The number of ether oxygens (including phenoxy) is 1. The maximum atomic E-state index is 5.63. The highest BCUT2D eigenvalue weighted by Crippen LogP contribution is 2.20. The van der Waals surface area contributed by atoms with E-state index in [-0.39, 0.29) is 24.8 Å². The molecule has 0 amide bonds. The quantitative estimate of drug-likeness (QED) is 0.780. The Kier molecular flexibility index (Phi) is 7.08. The topological polar surface area (TPSA) is 24.5 Å². The zero-order valence-corrected chi connectivity index (χ0v) is 10.2. The summed E-state index contributed by atoms with van der Waals surface area (Å²) in [5, 5.41) is 3.42. The summed E-state index contributed by atoms with van der Waals surface area (Å²) in [5.74, 6) is 0. The molecule has 0 spiro atoms. The van der Waals surface area contributed by atoms with Gasteiger partial charge in [-0.1, -0.05) is 0 Å². The first-order chi connectivity index (χ1) is 5.90. The summed E-state index contributed by atoms with van der Waals surface area (Å²) in [4.78, 5) is 2.55. The fourth-order valence-electron chi connectivity index (χ4n) is 2.27. The van der Waals surface area contributed by atoms with Crippen LogP contribution in [0.25, 0.3) is 0 Å². The van der Waals surface area contributed by atoms with E-state index in [1.165, 1.54) is 13.0 Å². The molecule has 2 saturated heterocycles. The molecule has 14 heavy (non-hydrogen) atoms. The molecule has 2 rings (SSSR count). The van der Waals surface area contributed by atoms with Crippen LogP contribution in [0.1, 0.15) is 13.3 Å². The average molecular weight is 243 g/mol. The molecule has 0 bridgehead atoms. The molecule has 0 aromatic carbocycles. The van der Waals surface area contributed by atoms with Gasteiger partial charge in [-0.25, -0.2) is 0 Å². The van der Waals surface area contributed by atoms with Crippen molar-refractivity contribution in [2.75, 3.05) is 32.8 Å². The number of rotatable bonds is 2. The van der Waals surface area contributed by atoms with Gasteiger partial charge in [-0.3, -0.25) is 4.90 Å². The molecule has 5 heteroatoms. The van der Waals surface area contributed by atoms with Crippen molar-refractivity contribution in [1.29, 1.82) is 0 Å². The fourth-order valence-corrected chi connectivity index (χ4v) is 2.27. The van der Waals surface area contributed by atoms with E-state index in [2.05, 4.69) is 17.1 Å². The molecule has 2 aliphatic heterocycles. The molecular formula is C9H20Cl2N2O. The van der Waals surface area contributed by atoms with Gasteiger partial charge in [-0.15, -0.1) is 24.8 Å². The van der Waals surface area contributed by atoms with Crippen molar-refractivity contribution < 1.29 is 4.74 Å². The van der Waals surface area contributed by atoms with E-state index < -0.39 is 0 Å². The van der Waals surface area contributed by atoms with Gasteiger partial charge in [0.05, 0.1) is 6.10 Å². The Balaban J connectivity index is 0.000000845. The molecule has 2 fully saturated rings. The lowest BCUT2D eigenvalue weighted by Crippen LogP contribution is -2.47. The second-order valence-electron chi connectivity index (χ2n) is 3.67. The van der Waals surface area contributed by atoms with Crippen molar-refractivity contribution in [1.82, 2.24) is 10.2 Å². The second-order valence-corrected chi connectivity index (χ2v) is 3.67. The molecule has 0 aromatic rings. The Morgan fingerprint density at radius 2 is 2.21 bits per heavy atom. The number of hydrogen-bond acceptors (Lipinski definition) is 3. The van der Waals surface area contributed by atoms with Crippen molar-refractivity contribution in [3.63, 3.8) is 0 Å². The maximum absolute atomic E-state index is 5.63. The standard InChI is InChI=1S/C9H18N2O.2ClH/c1-2-12-9-5-8-6-10-3-4-11(8)7-9;;/h8-10H,2-7H2,1H3;2*1H/t8-,9+;;/m0../s1. The summed E-state index contributed by atoms with van der Waals surface area (Å²) < 4.78 is 5.63. The minimum atomic E-state index is 0. The van der Waals surface area contributed by atoms with Gasteiger partial charge in [0.25, 0.3) is 0 Å². The van der Waals surface area contributed by atoms with Crippen LogP contribution in [-0.2, 0) is 4.74 Å². The lowest BCUT2D eigenvalue weighted by Gasteiger charge is -2.29. The first kappa shape index (κ1) is 14.5. The highest BCUT2D eigenvalue weighted by Gasteiger charge is 2.33. The largest absolute Gasteiger partial charge is 0.377 e. The number of piperazine rings is 1. The van der Waals surface area contributed by atoms with Gasteiger partial charge in [-0.05, 0) is 13.3 Å². The second kappa shape index (κ2) is 6.85. The Morgan fingerprint density at radius 1 is 1.43 bits per heavy atom. The third-order valence-electron chi connectivity index (χ3n) is 2.85. The molecule has 0 saturated carbocycles. The van der Waals surface area contributed by atoms with Crippen LogP contribution in [0.5, 0.6) is 0 Å². The molecule has 1 N–H and O–H groups in total. The molecule has 86 valence electrons. The van der Waals surface area contributed by atoms with E-state index in [9.17, 15) is 0 Å². The predicted molar refractivity (Wildman–Crippen MR) is 62.8 cm³/mol. The smallest absolute Gasteiger partial charge is 0.0717 e. The van der Waals surface area contributed by atoms with E-state index in [0.29, 0.717) is 6.10 Å². The summed E-state index contributed by atoms with van der Waals surface area (Å²) in [7, 11) is 0. The Labute approximate surface area is 98.4 Å². The van der Waals surface area contributed by atoms with Crippen LogP contribution in [0.3, 0.4) is 0 Å². The molecule has 2 heterocycles. The normalized spacial score (nSPS) is 31.5. The van der Waals surface area contributed by atoms with Gasteiger partial charge in [0.2, 0.25) is 0 Å². The maximum Gasteiger partial charge on any atom is 0.0717 e. The van der Waals surface area contributed by atoms with Gasteiger partial charge in [0, 0.05) is 38.8 Å². The number of fused-ring (bicyclic) bond motifs is 1. The predicted octanol–water partition coefficient (Wildman–Crippen LogP) is 0.913. The summed E-state index contributed by atoms with van der Waals surface area (Å²) in [6.07, 6.45) is 1.72. The monoisotopic (exact) mass is 242 g/mol. The molecule has 3 nitrogen and oxygen atoms in total. The van der Waals surface area contributed by atoms with Crippen molar-refractivity contribution in [2.24, 2.45) is 0 Å². The van der Waals surface area contributed by atoms with Crippen LogP contribution in [0.4, 0.5) is 0 Å². The molecule has 2 atom stereocenters. The Hall–Kier alpha value is 0.460. The Bertz CT molecular complexity index is 146. The minimum Gasteiger partial charge on any atom is -0.377 e. The molecule has 0 radical (unpaired) electrons. The minimum absolute atomic E-state index is 0. The number of nitrogens with zero attached hydrogens (tertiary/aromatic N) is 1. The zero-order chi connectivity index (χ0) is 8.39. The highest BCUT2D eigenvalue weighted by atomic mass is 35.5. The Morgan fingerprint density at radius 3 is 2.86 bits per heavy atom. The average Bonchev–Trinajstić information content (AvgIpc) is 2.47. The number of hydrogen-bond donors (Lipinski definition) is 1. The van der Waals surface area contributed by atoms with Gasteiger partial charge < -0.3 is 10.1 Å². The molecule has 0 aliphatic carbocycles. The van der Waals surface area contributed by atoms with Crippen molar-refractivity contribution in [3.8, 4) is 0 Å². The van der Waals surface area contributed by atoms with Crippen molar-refractivity contribution in [2.45, 2.75) is 25.5 Å². The third kappa shape index (κ3) is 3.24. The van der Waals surface area contributed by atoms with Gasteiger partial charge in [0.15, 0.2) is 0 Å². The highest BCUT2D eigenvalue weighted by molar-refractivity contribution is 5.85. The summed E-state index contributed by atoms with van der Waals surface area (Å²) in [6.45, 7) is 7.60. The zero-order valence-electron chi connectivity index (χ0n) is 8.57. The SMILES string of the molecule is CCO[C@@H]1C[C@H]2CNCCN2C1.Cl.Cl. The van der Waals surface area contributed by atoms with E-state index in [1.807, 2.05) is 0 Å². The molecule has 2 aliphatic rings. The van der Waals surface area contributed by atoms with Crippen LogP contribution in [0.2, 0.25) is 0 Å². The van der Waals surface area contributed by atoms with Gasteiger partial charge >= 0.3 is 0 Å². The summed E-state index contributed by atoms with van der Waals surface area (Å²) in [5.41, 5.74) is 0. The van der Waals surface area contributed by atoms with Crippen LogP contribution in [-0.4, -0.2) is 49.8 Å². The lowest BCUT2D eigenvalue weighted by molar-refractivity contribution is 0.0691. The lowest BCUT2D eigenvalue weighted by atomic mass is 10.2. The number of halogens is 2. The van der Waals surface area contributed by atoms with Crippen LogP contribution >= 0.6 is 24.8 Å². The van der Waals surface area contributed by atoms with E-state index >= 15 is 0 Å². The fraction of sp³-hybridized carbons (Fsp3) is 1.00. The van der Waals surface area contributed by atoms with E-state index in [4.69, 9.17) is 4.74 Å². The molecule has 0 aromatic heterocycles. The molecule has 0 unspecified atom stereocenters. The van der Waals surface area contributed by atoms with E-state index in [0.717, 1.165) is 32.3 Å². The summed E-state index contributed by atoms with van der Waals surface area (Å²) in [6, 6.07) is 0.746. The first-order valence-electron chi connectivity index (χ1n) is 4.96. The van der Waals surface area contributed by atoms with Gasteiger partial charge in [0.1, 0.15) is 0 Å². The van der Waals surface area contributed by atoms with Crippen molar-refractivity contribution in [3.05, 3.63) is 0 Å². The van der Waals surface area contributed by atoms with Crippen LogP contribution in [0, 0.1) is 0 Å². The molecular weight excluding hydrogens is 223 g/mol. The van der Waals surface area contributed by atoms with Gasteiger partial charge in [-0.2, -0.15) is 0 Å².